The molecule has 2 atom stereocenters. The van der Waals surface area contributed by atoms with Crippen molar-refractivity contribution in [2.75, 3.05) is 13.6 Å². The van der Waals surface area contributed by atoms with E-state index in [9.17, 15) is 5.11 Å². The van der Waals surface area contributed by atoms with Gasteiger partial charge in [-0.1, -0.05) is 13.0 Å². The van der Waals surface area contributed by atoms with Crippen LogP contribution in [0.2, 0.25) is 0 Å². The molecule has 17 heavy (non-hydrogen) atoms. The highest BCUT2D eigenvalue weighted by molar-refractivity contribution is 5.43. The maximum Gasteiger partial charge on any atom is 0.115 e. The maximum absolute atomic E-state index is 9.75. The van der Waals surface area contributed by atoms with Gasteiger partial charge in [0.2, 0.25) is 0 Å². The van der Waals surface area contributed by atoms with E-state index in [4.69, 9.17) is 0 Å². The highest BCUT2D eigenvalue weighted by atomic mass is 16.3. The molecular formula is C15H21NO. The van der Waals surface area contributed by atoms with E-state index in [1.807, 2.05) is 12.1 Å². The van der Waals surface area contributed by atoms with Crippen LogP contribution in [0.25, 0.3) is 0 Å². The fraction of sp³-hybridized carbons (Fsp3) is 0.600. The minimum atomic E-state index is 0.235. The number of hydrogen-bond acceptors (Lipinski definition) is 2. The lowest BCUT2D eigenvalue weighted by Gasteiger charge is -2.51. The van der Waals surface area contributed by atoms with Crippen LogP contribution in [-0.2, 0) is 11.8 Å². The number of nitrogens with zero attached hydrogens (tertiary/aromatic N) is 1. The number of aromatic hydroxyl groups is 1. The third kappa shape index (κ3) is 1.58. The van der Waals surface area contributed by atoms with Gasteiger partial charge in [0.15, 0.2) is 0 Å². The summed E-state index contributed by atoms with van der Waals surface area (Å²) in [5.74, 6) is 0.416. The zero-order valence-corrected chi connectivity index (χ0v) is 10.7. The Morgan fingerprint density at radius 2 is 2.24 bits per heavy atom. The molecule has 1 aromatic rings. The first-order valence-electron chi connectivity index (χ1n) is 6.64. The van der Waals surface area contributed by atoms with Crippen molar-refractivity contribution in [3.8, 4) is 5.75 Å². The Bertz CT molecular complexity index is 443. The molecule has 0 unspecified atom stereocenters. The molecule has 0 saturated carbocycles. The number of piperidine rings is 1. The number of rotatable bonds is 0. The number of phenols is 1. The zero-order chi connectivity index (χ0) is 12.0. The first-order chi connectivity index (χ1) is 8.11. The summed E-state index contributed by atoms with van der Waals surface area (Å²) < 4.78 is 0. The topological polar surface area (TPSA) is 23.5 Å². The molecule has 1 aliphatic carbocycles. The van der Waals surface area contributed by atoms with E-state index >= 15 is 0 Å². The third-order valence-corrected chi connectivity index (χ3v) is 4.87. The van der Waals surface area contributed by atoms with Crippen LogP contribution in [0.1, 0.15) is 37.3 Å². The summed E-state index contributed by atoms with van der Waals surface area (Å²) >= 11 is 0. The van der Waals surface area contributed by atoms with E-state index in [-0.39, 0.29) is 5.41 Å². The summed E-state index contributed by atoms with van der Waals surface area (Å²) in [6, 6.07) is 6.58. The zero-order valence-electron chi connectivity index (χ0n) is 10.7. The molecule has 2 nitrogen and oxygen atoms in total. The second kappa shape index (κ2) is 3.74. The molecule has 1 aliphatic heterocycles. The van der Waals surface area contributed by atoms with Crippen LogP contribution in [0, 0.1) is 0 Å². The second-order valence-corrected chi connectivity index (χ2v) is 5.90. The fourth-order valence-electron chi connectivity index (χ4n) is 3.96. The van der Waals surface area contributed by atoms with Crippen molar-refractivity contribution in [2.24, 2.45) is 0 Å². The van der Waals surface area contributed by atoms with Crippen LogP contribution in [-0.4, -0.2) is 29.6 Å². The van der Waals surface area contributed by atoms with Crippen LogP contribution in [0.5, 0.6) is 5.75 Å². The number of likely N-dealkylation sites (N-methyl/N-ethyl adjacent to an activating group) is 1. The van der Waals surface area contributed by atoms with Crippen LogP contribution in [0.3, 0.4) is 0 Å². The lowest BCUT2D eigenvalue weighted by molar-refractivity contribution is 0.0852. The summed E-state index contributed by atoms with van der Waals surface area (Å²) in [7, 11) is 2.25. The van der Waals surface area contributed by atoms with Gasteiger partial charge in [0.05, 0.1) is 0 Å². The Kier molecular flexibility index (Phi) is 2.44. The Morgan fingerprint density at radius 1 is 1.41 bits per heavy atom. The van der Waals surface area contributed by atoms with Crippen LogP contribution >= 0.6 is 0 Å². The molecule has 2 heteroatoms. The van der Waals surface area contributed by atoms with E-state index < -0.39 is 0 Å². The van der Waals surface area contributed by atoms with Crippen molar-refractivity contribution in [3.05, 3.63) is 29.3 Å². The second-order valence-electron chi connectivity index (χ2n) is 5.90. The molecule has 1 saturated heterocycles. The highest BCUT2D eigenvalue weighted by Crippen LogP contribution is 2.45. The molecule has 0 spiro atoms. The van der Waals surface area contributed by atoms with E-state index in [0.29, 0.717) is 11.8 Å². The maximum atomic E-state index is 9.75. The first-order valence-corrected chi connectivity index (χ1v) is 6.64. The minimum absolute atomic E-state index is 0.235. The molecule has 1 aromatic carbocycles. The van der Waals surface area contributed by atoms with Gasteiger partial charge in [0.1, 0.15) is 5.75 Å². The monoisotopic (exact) mass is 231 g/mol. The van der Waals surface area contributed by atoms with Gasteiger partial charge in [0, 0.05) is 11.5 Å². The van der Waals surface area contributed by atoms with Gasteiger partial charge in [-0.2, -0.15) is 0 Å². The van der Waals surface area contributed by atoms with Crippen LogP contribution in [0.4, 0.5) is 0 Å². The Hall–Kier alpha value is -1.02. The molecule has 3 rings (SSSR count). The smallest absolute Gasteiger partial charge is 0.115 e. The van der Waals surface area contributed by atoms with Crippen molar-refractivity contribution in [3.63, 3.8) is 0 Å². The lowest BCUT2D eigenvalue weighted by atomic mass is 9.63. The summed E-state index contributed by atoms with van der Waals surface area (Å²) in [5, 5.41) is 9.75. The number of fused-ring (bicyclic) bond motifs is 3. The first kappa shape index (κ1) is 11.1. The molecule has 92 valence electrons. The molecule has 2 aliphatic rings. The summed E-state index contributed by atoms with van der Waals surface area (Å²) in [6.07, 6.45) is 4.92. The fourth-order valence-corrected chi connectivity index (χ4v) is 3.96. The standard InChI is InChI=1S/C15H21NO/c1-15-8-3-9-16(2)14(15)7-5-11-4-6-12(17)10-13(11)15/h4,6,10,14,17H,3,5,7-9H2,1-2H3/t14-,15-/m1/s1. The SMILES string of the molecule is CN1CCC[C@]2(C)c3cc(O)ccc3CC[C@@H]12. The number of likely N-dealkylation sites (tertiary alicyclic amines) is 1. The molecule has 0 bridgehead atoms. The summed E-state index contributed by atoms with van der Waals surface area (Å²) in [6.45, 7) is 3.60. The number of hydrogen-bond donors (Lipinski definition) is 1. The molecule has 0 radical (unpaired) electrons. The molecular weight excluding hydrogens is 210 g/mol. The largest absolute Gasteiger partial charge is 0.508 e. The molecule has 1 fully saturated rings. The van der Waals surface area contributed by atoms with Gasteiger partial charge < -0.3 is 10.0 Å². The van der Waals surface area contributed by atoms with Crippen LogP contribution < -0.4 is 0 Å². The van der Waals surface area contributed by atoms with Crippen LogP contribution in [0.15, 0.2) is 18.2 Å². The van der Waals surface area contributed by atoms with Crippen molar-refractivity contribution in [1.82, 2.24) is 4.90 Å². The average molecular weight is 231 g/mol. The van der Waals surface area contributed by atoms with E-state index in [1.54, 1.807) is 0 Å². The van der Waals surface area contributed by atoms with Gasteiger partial charge in [-0.05, 0) is 62.5 Å². The van der Waals surface area contributed by atoms with E-state index in [0.717, 1.165) is 6.42 Å². The minimum Gasteiger partial charge on any atom is -0.508 e. The van der Waals surface area contributed by atoms with E-state index in [2.05, 4.69) is 24.9 Å². The van der Waals surface area contributed by atoms with E-state index in [1.165, 1.54) is 36.9 Å². The predicted octanol–water partition coefficient (Wildman–Crippen LogP) is 2.69. The van der Waals surface area contributed by atoms with Gasteiger partial charge in [0.25, 0.3) is 0 Å². The third-order valence-electron chi connectivity index (χ3n) is 4.87. The van der Waals surface area contributed by atoms with Gasteiger partial charge in [-0.25, -0.2) is 0 Å². The van der Waals surface area contributed by atoms with Gasteiger partial charge >= 0.3 is 0 Å². The van der Waals surface area contributed by atoms with Crippen molar-refractivity contribution in [2.45, 2.75) is 44.1 Å². The normalized spacial score (nSPS) is 32.9. The number of aryl methyl sites for hydroxylation is 1. The number of benzene rings is 1. The molecule has 1 heterocycles. The van der Waals surface area contributed by atoms with Gasteiger partial charge in [-0.15, -0.1) is 0 Å². The lowest BCUT2D eigenvalue weighted by Crippen LogP contribution is -2.54. The van der Waals surface area contributed by atoms with Crippen molar-refractivity contribution >= 4 is 0 Å². The molecule has 1 N–H and O–H groups in total. The molecule has 0 aromatic heterocycles. The summed E-state index contributed by atoms with van der Waals surface area (Å²) in [4.78, 5) is 2.51. The van der Waals surface area contributed by atoms with Crippen molar-refractivity contribution < 1.29 is 5.11 Å². The van der Waals surface area contributed by atoms with Gasteiger partial charge in [-0.3, -0.25) is 0 Å². The Morgan fingerprint density at radius 3 is 3.06 bits per heavy atom. The number of phenolic OH excluding ortho intramolecular Hbond substituents is 1. The van der Waals surface area contributed by atoms with Crippen molar-refractivity contribution in [1.29, 1.82) is 0 Å². The Labute approximate surface area is 103 Å². The average Bonchev–Trinajstić information content (AvgIpc) is 2.29. The quantitative estimate of drug-likeness (QED) is 0.742. The predicted molar refractivity (Wildman–Crippen MR) is 69.4 cm³/mol. The molecule has 0 amide bonds. The highest BCUT2D eigenvalue weighted by Gasteiger charge is 2.44. The Balaban J connectivity index is 2.11. The summed E-state index contributed by atoms with van der Waals surface area (Å²) in [5.41, 5.74) is 3.07.